The molecule has 0 unspecified atom stereocenters. The molecule has 11 saturated heterocycles. The van der Waals surface area contributed by atoms with Crippen molar-refractivity contribution in [2.75, 3.05) is 6.61 Å². The third kappa shape index (κ3) is 9.35. The van der Waals surface area contributed by atoms with E-state index in [4.69, 9.17) is 60.8 Å². The first kappa shape index (κ1) is 50.2. The zero-order chi connectivity index (χ0) is 48.8. The van der Waals surface area contributed by atoms with E-state index in [1.54, 1.807) is 0 Å². The van der Waals surface area contributed by atoms with E-state index in [0.29, 0.717) is 57.8 Å². The van der Waals surface area contributed by atoms with Crippen LogP contribution in [0.15, 0.2) is 12.2 Å². The Hall–Kier alpha value is -1.00. The van der Waals surface area contributed by atoms with E-state index in [-0.39, 0.29) is 92.0 Å². The molecule has 11 aliphatic rings. The summed E-state index contributed by atoms with van der Waals surface area (Å²) < 4.78 is 150. The molecule has 0 aromatic carbocycles. The highest BCUT2D eigenvalue weighted by molar-refractivity contribution is 7.81. The molecule has 392 valence electrons. The van der Waals surface area contributed by atoms with Crippen LogP contribution in [0.5, 0.6) is 0 Å². The van der Waals surface area contributed by atoms with Gasteiger partial charge in [-0.3, -0.25) is 9.11 Å². The third-order valence-electron chi connectivity index (χ3n) is 18.3. The number of hydrogen-bond acceptors (Lipinski definition) is 18. The molecular weight excluding hydrogens is 949 g/mol. The Morgan fingerprint density at radius 1 is 0.594 bits per heavy atom. The summed E-state index contributed by atoms with van der Waals surface area (Å²) in [5.41, 5.74) is -2.64. The van der Waals surface area contributed by atoms with Gasteiger partial charge in [0.15, 0.2) is 0 Å². The fourth-order valence-electron chi connectivity index (χ4n) is 14.3. The molecule has 69 heavy (non-hydrogen) atoms. The first-order valence-electron chi connectivity index (χ1n) is 25.3. The van der Waals surface area contributed by atoms with Crippen LogP contribution in [-0.4, -0.2) is 182 Å². The topological polar surface area (TPSA) is 249 Å². The number of rotatable bonds is 6. The average molecular weight is 1020 g/mol. The minimum atomic E-state index is -4.93. The highest BCUT2D eigenvalue weighted by Gasteiger charge is 2.64. The Morgan fingerprint density at radius 3 is 1.81 bits per heavy atom. The normalized spacial score (nSPS) is 55.1. The van der Waals surface area contributed by atoms with E-state index in [1.165, 1.54) is 6.92 Å². The van der Waals surface area contributed by atoms with E-state index >= 15 is 0 Å². The molecule has 22 heteroatoms. The fourth-order valence-corrected chi connectivity index (χ4v) is 15.1. The first-order chi connectivity index (χ1) is 32.4. The van der Waals surface area contributed by atoms with Crippen molar-refractivity contribution >= 4 is 20.8 Å². The van der Waals surface area contributed by atoms with Gasteiger partial charge in [-0.25, -0.2) is 8.37 Å². The second-order valence-corrected chi connectivity index (χ2v) is 25.2. The zero-order valence-corrected chi connectivity index (χ0v) is 42.0. The zero-order valence-electron chi connectivity index (χ0n) is 40.3. The monoisotopic (exact) mass is 1020 g/mol. The van der Waals surface area contributed by atoms with Crippen LogP contribution in [0.3, 0.4) is 0 Å². The molecule has 20 nitrogen and oxygen atoms in total. The van der Waals surface area contributed by atoms with Crippen molar-refractivity contribution in [2.45, 2.75) is 269 Å². The van der Waals surface area contributed by atoms with Crippen molar-refractivity contribution in [3.63, 3.8) is 0 Å². The molecule has 0 radical (unpaired) electrons. The van der Waals surface area contributed by atoms with Gasteiger partial charge in [-0.05, 0) is 78.2 Å². The van der Waals surface area contributed by atoms with Gasteiger partial charge in [0, 0.05) is 51.4 Å². The molecule has 25 atom stereocenters. The van der Waals surface area contributed by atoms with Crippen molar-refractivity contribution in [1.82, 2.24) is 0 Å². The molecule has 0 aliphatic carbocycles. The SMILES string of the molecule is C=C1C[C@@H]2O[C@@]3(C)[C@H](C[C@H]2O[C@@H]1C)O[C@@H]1C[C@@H]2O[C@@H]4C[C@@H]5O[C@@H]6C[C@@H]7O[C@@H]8C[C@@H]9O[C@](C)(CCOS(=O)(=O)O)[C@@H](OS(=O)(=O)O)C[C@H]9O[C@H]8C[C@H]7O[C@H]6CC[C@@]5(C)O[C@@]4(C)CC[C@H](C)[C@H]2O[C@H]1[C@H]3O. The van der Waals surface area contributed by atoms with Gasteiger partial charge in [0.1, 0.15) is 23.9 Å². The Morgan fingerprint density at radius 2 is 1.14 bits per heavy atom. The van der Waals surface area contributed by atoms with Crippen LogP contribution < -0.4 is 0 Å². The smallest absolute Gasteiger partial charge is 0.387 e. The number of hydrogen-bond donors (Lipinski definition) is 3. The third-order valence-corrected chi connectivity index (χ3v) is 19.2. The van der Waals surface area contributed by atoms with E-state index in [9.17, 15) is 26.5 Å². The number of ether oxygens (including phenoxy) is 11. The van der Waals surface area contributed by atoms with Crippen LogP contribution >= 0.6 is 0 Å². The van der Waals surface area contributed by atoms with Crippen molar-refractivity contribution in [3.8, 4) is 0 Å². The standard InChI is InChI=1S/C47H72O20S2/c1-22-8-10-45(5)38(61-35-18-36-42(63-41(22)35)43(48)47(7)40(62-36)20-31-33(65-47)14-23(2)24(3)56-31)21-37-46(6,67-45)11-9-25-26(60-37)15-28-27(57-25)16-29-30(58-28)17-34-32(59-29)19-39(66-69(52,53)54)44(4,64-34)12-13-55-68(49,50)51/h22,24-43,48H,2,8-21H2,1,3-7H3,(H,49,50,51)(H,52,53,54)/t22-,24+,25-,26+,27+,28-,29-,30+,31+,32+,33-,34-,35-,36+,37-,38+,39-,40-,41+,42+,43+,44+,45-,46+,47-/m0/s1. The van der Waals surface area contributed by atoms with E-state index in [0.717, 1.165) is 18.4 Å². The molecule has 11 aliphatic heterocycles. The molecular formula is C47H72O20S2. The summed E-state index contributed by atoms with van der Waals surface area (Å²) in [6.07, 6.45) is -1.45. The van der Waals surface area contributed by atoms with Gasteiger partial charge in [0.25, 0.3) is 0 Å². The summed E-state index contributed by atoms with van der Waals surface area (Å²) in [6, 6.07) is 0. The Labute approximate surface area is 405 Å². The van der Waals surface area contributed by atoms with E-state index < -0.39 is 98.6 Å². The van der Waals surface area contributed by atoms with Gasteiger partial charge >= 0.3 is 20.8 Å². The summed E-state index contributed by atoms with van der Waals surface area (Å²) in [5.74, 6) is 0.116. The van der Waals surface area contributed by atoms with Crippen LogP contribution in [0.1, 0.15) is 125 Å². The van der Waals surface area contributed by atoms with Crippen molar-refractivity contribution in [3.05, 3.63) is 12.2 Å². The van der Waals surface area contributed by atoms with Crippen LogP contribution in [0.2, 0.25) is 0 Å². The fraction of sp³-hybridized carbons (Fsp3) is 0.957. The maximum atomic E-state index is 12.1. The number of fused-ring (bicyclic) bond motifs is 10. The molecule has 0 aromatic rings. The maximum Gasteiger partial charge on any atom is 0.397 e. The molecule has 0 saturated carbocycles. The molecule has 0 amide bonds. The minimum absolute atomic E-state index is 0.0150. The Kier molecular flexibility index (Phi) is 13.0. The first-order valence-corrected chi connectivity index (χ1v) is 28.0. The van der Waals surface area contributed by atoms with Gasteiger partial charge in [-0.1, -0.05) is 13.5 Å². The molecule has 0 bridgehead atoms. The van der Waals surface area contributed by atoms with Crippen LogP contribution in [0, 0.1) is 5.92 Å². The van der Waals surface area contributed by atoms with E-state index in [2.05, 4.69) is 31.5 Å². The number of aliphatic hydroxyl groups is 1. The molecule has 0 aromatic heterocycles. The summed E-state index contributed by atoms with van der Waals surface area (Å²) in [7, 11) is -9.71. The average Bonchev–Trinajstić information content (AvgIpc) is 3.38. The maximum absolute atomic E-state index is 12.1. The molecule has 11 heterocycles. The van der Waals surface area contributed by atoms with Gasteiger partial charge < -0.3 is 57.2 Å². The van der Waals surface area contributed by atoms with Crippen LogP contribution in [-0.2, 0) is 81.3 Å². The van der Waals surface area contributed by atoms with Crippen molar-refractivity contribution in [2.24, 2.45) is 5.92 Å². The lowest BCUT2D eigenvalue weighted by Gasteiger charge is -2.60. The van der Waals surface area contributed by atoms with Crippen molar-refractivity contribution < 1.29 is 91.5 Å². The molecule has 11 rings (SSSR count). The second kappa shape index (κ2) is 17.8. The summed E-state index contributed by atoms with van der Waals surface area (Å²) in [6.45, 7) is 15.7. The van der Waals surface area contributed by atoms with Gasteiger partial charge in [-0.2, -0.15) is 16.8 Å². The highest BCUT2D eigenvalue weighted by Crippen LogP contribution is 2.53. The number of aliphatic hydroxyl groups excluding tert-OH is 1. The van der Waals surface area contributed by atoms with Crippen molar-refractivity contribution in [1.29, 1.82) is 0 Å². The quantitative estimate of drug-likeness (QED) is 0.254. The summed E-state index contributed by atoms with van der Waals surface area (Å²) >= 11 is 0. The Balaban J connectivity index is 0.759. The predicted molar refractivity (Wildman–Crippen MR) is 238 cm³/mol. The predicted octanol–water partition coefficient (Wildman–Crippen LogP) is 3.64. The largest absolute Gasteiger partial charge is 0.397 e. The van der Waals surface area contributed by atoms with Crippen LogP contribution in [0.4, 0.5) is 0 Å². The molecule has 11 fully saturated rings. The Bertz CT molecular complexity index is 2180. The van der Waals surface area contributed by atoms with E-state index in [1.807, 2.05) is 13.8 Å². The minimum Gasteiger partial charge on any atom is -0.387 e. The second-order valence-electron chi connectivity index (χ2n) is 23.1. The van der Waals surface area contributed by atoms with Gasteiger partial charge in [-0.15, -0.1) is 0 Å². The van der Waals surface area contributed by atoms with Gasteiger partial charge in [0.2, 0.25) is 0 Å². The highest BCUT2D eigenvalue weighted by atomic mass is 32.3. The summed E-state index contributed by atoms with van der Waals surface area (Å²) in [4.78, 5) is 0. The summed E-state index contributed by atoms with van der Waals surface area (Å²) in [5, 5.41) is 12.1. The molecule has 3 N–H and O–H groups in total. The molecule has 0 spiro atoms. The lowest BCUT2D eigenvalue weighted by atomic mass is 9.73. The lowest BCUT2D eigenvalue weighted by Crippen LogP contribution is -2.73. The lowest BCUT2D eigenvalue weighted by molar-refractivity contribution is -0.367. The van der Waals surface area contributed by atoms with Gasteiger partial charge in [0.05, 0.1) is 127 Å². The van der Waals surface area contributed by atoms with Crippen LogP contribution in [0.25, 0.3) is 0 Å².